The summed E-state index contributed by atoms with van der Waals surface area (Å²) in [5, 5.41) is 2.68. The molecule has 0 aliphatic heterocycles. The molecule has 2 rings (SSSR count). The van der Waals surface area contributed by atoms with Gasteiger partial charge in [0.25, 0.3) is 5.91 Å². The molecule has 0 spiro atoms. The lowest BCUT2D eigenvalue weighted by Gasteiger charge is -2.10. The van der Waals surface area contributed by atoms with E-state index in [1.54, 1.807) is 13.8 Å². The maximum atomic E-state index is 13.6. The molecule has 0 radical (unpaired) electrons. The van der Waals surface area contributed by atoms with Gasteiger partial charge in [-0.2, -0.15) is 0 Å². The monoisotopic (exact) mass is 370 g/mol. The van der Waals surface area contributed by atoms with Gasteiger partial charge >= 0.3 is 0 Å². The zero-order valence-electron chi connectivity index (χ0n) is 13.0. The molecular weight excluding hydrogens is 355 g/mol. The number of sulfonamides is 1. The van der Waals surface area contributed by atoms with E-state index in [0.29, 0.717) is 0 Å². The SMILES string of the molecule is CC(C)NS(=O)(=O)c1ccc(C(=O)Nc2cc(Cl)ccc2F)cc1. The second kappa shape index (κ2) is 7.29. The number of carbonyl (C=O) groups is 1. The first kappa shape index (κ1) is 18.4. The fourth-order valence-corrected chi connectivity index (χ4v) is 3.37. The van der Waals surface area contributed by atoms with Crippen molar-refractivity contribution in [3.05, 3.63) is 58.9 Å². The number of carbonyl (C=O) groups excluding carboxylic acids is 1. The van der Waals surface area contributed by atoms with Gasteiger partial charge in [0, 0.05) is 16.6 Å². The highest BCUT2D eigenvalue weighted by Crippen LogP contribution is 2.20. The van der Waals surface area contributed by atoms with Gasteiger partial charge in [0.1, 0.15) is 5.82 Å². The van der Waals surface area contributed by atoms with Crippen LogP contribution in [-0.2, 0) is 10.0 Å². The van der Waals surface area contributed by atoms with Crippen molar-refractivity contribution in [2.75, 3.05) is 5.32 Å². The van der Waals surface area contributed by atoms with Crippen molar-refractivity contribution in [1.29, 1.82) is 0 Å². The molecule has 0 heterocycles. The Morgan fingerprint density at radius 3 is 2.33 bits per heavy atom. The highest BCUT2D eigenvalue weighted by atomic mass is 35.5. The van der Waals surface area contributed by atoms with Crippen LogP contribution in [0.1, 0.15) is 24.2 Å². The average Bonchev–Trinajstić information content (AvgIpc) is 2.50. The van der Waals surface area contributed by atoms with Gasteiger partial charge in [0.15, 0.2) is 0 Å². The summed E-state index contributed by atoms with van der Waals surface area (Å²) in [6, 6.07) is 8.89. The van der Waals surface area contributed by atoms with E-state index in [1.807, 2.05) is 0 Å². The lowest BCUT2D eigenvalue weighted by atomic mass is 10.2. The molecule has 24 heavy (non-hydrogen) atoms. The number of rotatable bonds is 5. The molecule has 2 N–H and O–H groups in total. The maximum absolute atomic E-state index is 13.6. The highest BCUT2D eigenvalue weighted by Gasteiger charge is 2.16. The quantitative estimate of drug-likeness (QED) is 0.846. The van der Waals surface area contributed by atoms with E-state index < -0.39 is 21.7 Å². The van der Waals surface area contributed by atoms with Crippen molar-refractivity contribution < 1.29 is 17.6 Å². The van der Waals surface area contributed by atoms with Gasteiger partial charge in [-0.05, 0) is 56.3 Å². The maximum Gasteiger partial charge on any atom is 0.255 e. The fraction of sp³-hybridized carbons (Fsp3) is 0.188. The Labute approximate surface area is 144 Å². The number of nitrogens with one attached hydrogen (secondary N) is 2. The van der Waals surface area contributed by atoms with Crippen molar-refractivity contribution in [3.63, 3.8) is 0 Å². The third-order valence-electron chi connectivity index (χ3n) is 2.99. The van der Waals surface area contributed by atoms with E-state index in [4.69, 9.17) is 11.6 Å². The number of halogens is 2. The van der Waals surface area contributed by atoms with Gasteiger partial charge in [-0.1, -0.05) is 11.6 Å². The summed E-state index contributed by atoms with van der Waals surface area (Å²) in [6.07, 6.45) is 0. The molecule has 0 saturated heterocycles. The van der Waals surface area contributed by atoms with Crippen LogP contribution in [0.25, 0.3) is 0 Å². The van der Waals surface area contributed by atoms with Crippen molar-refractivity contribution in [3.8, 4) is 0 Å². The normalized spacial score (nSPS) is 11.5. The van der Waals surface area contributed by atoms with E-state index in [1.165, 1.54) is 36.4 Å². The Bertz CT molecular complexity index is 852. The van der Waals surface area contributed by atoms with Gasteiger partial charge < -0.3 is 5.32 Å². The highest BCUT2D eigenvalue weighted by molar-refractivity contribution is 7.89. The summed E-state index contributed by atoms with van der Waals surface area (Å²) in [7, 11) is -3.63. The Morgan fingerprint density at radius 1 is 1.12 bits per heavy atom. The molecule has 2 aromatic rings. The molecule has 0 fully saturated rings. The molecule has 8 heteroatoms. The van der Waals surface area contributed by atoms with Gasteiger partial charge in [0.2, 0.25) is 10.0 Å². The van der Waals surface area contributed by atoms with E-state index in [9.17, 15) is 17.6 Å². The predicted molar refractivity (Wildman–Crippen MR) is 91.3 cm³/mol. The molecular formula is C16H16ClFN2O3S. The second-order valence-corrected chi connectivity index (χ2v) is 7.53. The largest absolute Gasteiger partial charge is 0.319 e. The summed E-state index contributed by atoms with van der Waals surface area (Å²) in [6.45, 7) is 3.41. The van der Waals surface area contributed by atoms with Crippen LogP contribution in [0.5, 0.6) is 0 Å². The van der Waals surface area contributed by atoms with Gasteiger partial charge in [-0.15, -0.1) is 0 Å². The van der Waals surface area contributed by atoms with E-state index >= 15 is 0 Å². The minimum Gasteiger partial charge on any atom is -0.319 e. The number of benzene rings is 2. The Hall–Kier alpha value is -1.96. The van der Waals surface area contributed by atoms with E-state index in [-0.39, 0.29) is 27.2 Å². The van der Waals surface area contributed by atoms with Crippen molar-refractivity contribution >= 4 is 33.2 Å². The summed E-state index contributed by atoms with van der Waals surface area (Å²) >= 11 is 5.77. The van der Waals surface area contributed by atoms with Gasteiger partial charge in [-0.25, -0.2) is 17.5 Å². The smallest absolute Gasteiger partial charge is 0.255 e. The molecule has 0 saturated carbocycles. The van der Waals surface area contributed by atoms with Crippen LogP contribution in [0.15, 0.2) is 47.4 Å². The van der Waals surface area contributed by atoms with Crippen LogP contribution in [0.4, 0.5) is 10.1 Å². The van der Waals surface area contributed by atoms with Crippen molar-refractivity contribution in [2.45, 2.75) is 24.8 Å². The molecule has 0 unspecified atom stereocenters. The third-order valence-corrected chi connectivity index (χ3v) is 4.90. The van der Waals surface area contributed by atoms with Crippen LogP contribution >= 0.6 is 11.6 Å². The first-order chi connectivity index (χ1) is 11.2. The molecule has 128 valence electrons. The first-order valence-corrected chi connectivity index (χ1v) is 8.94. The standard InChI is InChI=1S/C16H16ClFN2O3S/c1-10(2)20-24(22,23)13-6-3-11(4-7-13)16(21)19-15-9-12(17)5-8-14(15)18/h3-10,20H,1-2H3,(H,19,21). The molecule has 1 amide bonds. The lowest BCUT2D eigenvalue weighted by molar-refractivity contribution is 0.102. The zero-order valence-corrected chi connectivity index (χ0v) is 14.6. The number of anilines is 1. The van der Waals surface area contributed by atoms with Crippen molar-refractivity contribution in [1.82, 2.24) is 4.72 Å². The number of amides is 1. The molecule has 5 nitrogen and oxygen atoms in total. The third kappa shape index (κ3) is 4.53. The summed E-state index contributed by atoms with van der Waals surface area (Å²) in [5.74, 6) is -1.19. The molecule has 0 bridgehead atoms. The molecule has 0 aliphatic carbocycles. The van der Waals surface area contributed by atoms with Crippen LogP contribution in [0.2, 0.25) is 5.02 Å². The summed E-state index contributed by atoms with van der Waals surface area (Å²) in [5.41, 5.74) is 0.142. The zero-order chi connectivity index (χ0) is 17.9. The Morgan fingerprint density at radius 2 is 1.75 bits per heavy atom. The first-order valence-electron chi connectivity index (χ1n) is 7.08. The fourth-order valence-electron chi connectivity index (χ4n) is 1.95. The topological polar surface area (TPSA) is 75.3 Å². The van der Waals surface area contributed by atoms with Crippen LogP contribution in [0, 0.1) is 5.82 Å². The number of hydrogen-bond acceptors (Lipinski definition) is 3. The number of hydrogen-bond donors (Lipinski definition) is 2. The van der Waals surface area contributed by atoms with Crippen LogP contribution < -0.4 is 10.0 Å². The van der Waals surface area contributed by atoms with Crippen LogP contribution in [-0.4, -0.2) is 20.4 Å². The van der Waals surface area contributed by atoms with E-state index in [0.717, 1.165) is 6.07 Å². The molecule has 0 atom stereocenters. The minimum absolute atomic E-state index is 0.0432. The Balaban J connectivity index is 2.18. The average molecular weight is 371 g/mol. The summed E-state index contributed by atoms with van der Waals surface area (Å²) in [4.78, 5) is 12.2. The second-order valence-electron chi connectivity index (χ2n) is 5.38. The van der Waals surface area contributed by atoms with E-state index in [2.05, 4.69) is 10.0 Å². The Kier molecular flexibility index (Phi) is 5.58. The van der Waals surface area contributed by atoms with Gasteiger partial charge in [-0.3, -0.25) is 4.79 Å². The molecule has 2 aromatic carbocycles. The minimum atomic E-state index is -3.63. The molecule has 0 aliphatic rings. The lowest BCUT2D eigenvalue weighted by Crippen LogP contribution is -2.30. The molecule has 0 aromatic heterocycles. The van der Waals surface area contributed by atoms with Crippen molar-refractivity contribution in [2.24, 2.45) is 0 Å². The van der Waals surface area contributed by atoms with Gasteiger partial charge in [0.05, 0.1) is 10.6 Å². The van der Waals surface area contributed by atoms with Crippen LogP contribution in [0.3, 0.4) is 0 Å². The predicted octanol–water partition coefficient (Wildman–Crippen LogP) is 3.42. The summed E-state index contributed by atoms with van der Waals surface area (Å²) < 4.78 is 40.1.